The Bertz CT molecular complexity index is 1140. The number of ether oxygens (including phenoxy) is 2. The number of nitrogens with one attached hydrogen (secondary N) is 1. The lowest BCUT2D eigenvalue weighted by atomic mass is 10.2. The van der Waals surface area contributed by atoms with E-state index in [1.807, 2.05) is 25.1 Å². The first-order valence-corrected chi connectivity index (χ1v) is 11.3. The van der Waals surface area contributed by atoms with Crippen molar-refractivity contribution in [3.05, 3.63) is 89.5 Å². The third-order valence-corrected chi connectivity index (χ3v) is 5.72. The first-order valence-electron chi connectivity index (χ1n) is 9.44. The van der Waals surface area contributed by atoms with Crippen molar-refractivity contribution in [2.45, 2.75) is 13.5 Å². The molecule has 0 radical (unpaired) electrons. The summed E-state index contributed by atoms with van der Waals surface area (Å²) in [6.45, 7) is 2.68. The van der Waals surface area contributed by atoms with Gasteiger partial charge in [0.1, 0.15) is 6.61 Å². The largest absolute Gasteiger partial charge is 0.490 e. The van der Waals surface area contributed by atoms with Crippen molar-refractivity contribution in [2.75, 3.05) is 12.0 Å². The van der Waals surface area contributed by atoms with E-state index in [0.29, 0.717) is 40.4 Å². The quantitative estimate of drug-likeness (QED) is 0.127. The highest BCUT2D eigenvalue weighted by molar-refractivity contribution is 14.1. The summed E-state index contributed by atoms with van der Waals surface area (Å²) < 4.78 is 12.6. The zero-order valence-corrected chi connectivity index (χ0v) is 20.5. The molecule has 0 aliphatic rings. The summed E-state index contributed by atoms with van der Waals surface area (Å²) in [7, 11) is 0. The first kappa shape index (κ1) is 24.1. The normalized spacial score (nSPS) is 10.9. The lowest BCUT2D eigenvalue weighted by molar-refractivity contribution is -0.384. The number of hydrazone groups is 1. The van der Waals surface area contributed by atoms with Crippen LogP contribution in [-0.2, 0) is 6.61 Å². The van der Waals surface area contributed by atoms with E-state index in [0.717, 1.165) is 14.7 Å². The highest BCUT2D eigenvalue weighted by Crippen LogP contribution is 2.35. The number of nitro benzene ring substituents is 1. The Kier molecular flexibility index (Phi) is 8.54. The van der Waals surface area contributed by atoms with Crippen LogP contribution >= 0.6 is 45.8 Å². The number of rotatable bonds is 9. The van der Waals surface area contributed by atoms with Gasteiger partial charge in [-0.2, -0.15) is 5.10 Å². The molecule has 0 saturated heterocycles. The predicted octanol–water partition coefficient (Wildman–Crippen LogP) is 6.93. The SMILES string of the molecule is CCOc1cc(/C=N/Nc2ccc([N+](=O)[O-])cc2)cc(I)c1OCc1ccc(Cl)c(Cl)c1. The molecule has 7 nitrogen and oxygen atoms in total. The second-order valence-corrected chi connectivity index (χ2v) is 8.45. The molecule has 0 aliphatic carbocycles. The Labute approximate surface area is 208 Å². The van der Waals surface area contributed by atoms with E-state index >= 15 is 0 Å². The van der Waals surface area contributed by atoms with Crippen LogP contribution in [0.2, 0.25) is 10.0 Å². The van der Waals surface area contributed by atoms with Gasteiger partial charge in [-0.15, -0.1) is 0 Å². The Balaban J connectivity index is 1.73. The van der Waals surface area contributed by atoms with Crippen molar-refractivity contribution in [3.8, 4) is 11.5 Å². The highest BCUT2D eigenvalue weighted by Gasteiger charge is 2.13. The van der Waals surface area contributed by atoms with E-state index in [2.05, 4.69) is 33.1 Å². The number of nitro groups is 1. The molecule has 10 heteroatoms. The van der Waals surface area contributed by atoms with E-state index in [4.69, 9.17) is 32.7 Å². The van der Waals surface area contributed by atoms with E-state index in [1.165, 1.54) is 12.1 Å². The molecule has 3 aromatic carbocycles. The topological polar surface area (TPSA) is 86.0 Å². The van der Waals surface area contributed by atoms with Crippen LogP contribution in [0.4, 0.5) is 11.4 Å². The van der Waals surface area contributed by atoms with E-state index < -0.39 is 4.92 Å². The summed E-state index contributed by atoms with van der Waals surface area (Å²) in [4.78, 5) is 10.3. The van der Waals surface area contributed by atoms with Gasteiger partial charge in [0.25, 0.3) is 5.69 Å². The average molecular weight is 586 g/mol. The van der Waals surface area contributed by atoms with Gasteiger partial charge < -0.3 is 9.47 Å². The lowest BCUT2D eigenvalue weighted by Crippen LogP contribution is -2.03. The summed E-state index contributed by atoms with van der Waals surface area (Å²) in [6.07, 6.45) is 1.63. The second-order valence-electron chi connectivity index (χ2n) is 6.47. The summed E-state index contributed by atoms with van der Waals surface area (Å²) in [5.41, 5.74) is 5.19. The molecule has 0 bridgehead atoms. The molecule has 0 heterocycles. The number of non-ortho nitro benzene ring substituents is 1. The third-order valence-electron chi connectivity index (χ3n) is 4.18. The maximum absolute atomic E-state index is 10.7. The van der Waals surface area contributed by atoms with E-state index in [1.54, 1.807) is 30.5 Å². The highest BCUT2D eigenvalue weighted by atomic mass is 127. The summed E-state index contributed by atoms with van der Waals surface area (Å²) in [5.74, 6) is 1.22. The van der Waals surface area contributed by atoms with E-state index in [9.17, 15) is 10.1 Å². The van der Waals surface area contributed by atoms with Crippen LogP contribution in [-0.4, -0.2) is 17.7 Å². The van der Waals surface area contributed by atoms with Crippen molar-refractivity contribution in [1.82, 2.24) is 0 Å². The summed E-state index contributed by atoms with van der Waals surface area (Å²) >= 11 is 14.2. The van der Waals surface area contributed by atoms with E-state index in [-0.39, 0.29) is 5.69 Å². The van der Waals surface area contributed by atoms with Crippen LogP contribution in [0.5, 0.6) is 11.5 Å². The molecule has 0 spiro atoms. The fraction of sp³-hybridized carbons (Fsp3) is 0.136. The smallest absolute Gasteiger partial charge is 0.269 e. The number of anilines is 1. The van der Waals surface area contributed by atoms with Gasteiger partial charge in [-0.1, -0.05) is 29.3 Å². The van der Waals surface area contributed by atoms with Crippen molar-refractivity contribution in [2.24, 2.45) is 5.10 Å². The number of hydrogen-bond donors (Lipinski definition) is 1. The van der Waals surface area contributed by atoms with Crippen molar-refractivity contribution in [3.63, 3.8) is 0 Å². The van der Waals surface area contributed by atoms with Gasteiger partial charge in [0.15, 0.2) is 11.5 Å². The zero-order chi connectivity index (χ0) is 23.1. The number of nitrogens with zero attached hydrogens (tertiary/aromatic N) is 2. The van der Waals surface area contributed by atoms with Crippen LogP contribution in [0.1, 0.15) is 18.1 Å². The minimum absolute atomic E-state index is 0.0203. The van der Waals surface area contributed by atoms with Crippen molar-refractivity contribution in [1.29, 1.82) is 0 Å². The van der Waals surface area contributed by atoms with Gasteiger partial charge in [-0.3, -0.25) is 15.5 Å². The maximum Gasteiger partial charge on any atom is 0.269 e. The Morgan fingerprint density at radius 1 is 1.09 bits per heavy atom. The maximum atomic E-state index is 10.7. The lowest BCUT2D eigenvalue weighted by Gasteiger charge is -2.15. The number of halogens is 3. The van der Waals surface area contributed by atoms with Crippen molar-refractivity contribution < 1.29 is 14.4 Å². The molecule has 0 amide bonds. The molecule has 0 aliphatic heterocycles. The Morgan fingerprint density at radius 3 is 2.50 bits per heavy atom. The van der Waals surface area contributed by atoms with Gasteiger partial charge in [0.05, 0.1) is 37.0 Å². The Hall–Kier alpha value is -2.56. The summed E-state index contributed by atoms with van der Waals surface area (Å²) in [5, 5.41) is 15.9. The van der Waals surface area contributed by atoms with Crippen LogP contribution in [0.25, 0.3) is 0 Å². The monoisotopic (exact) mass is 585 g/mol. The third kappa shape index (κ3) is 6.47. The predicted molar refractivity (Wildman–Crippen MR) is 135 cm³/mol. The molecule has 0 saturated carbocycles. The molecule has 32 heavy (non-hydrogen) atoms. The van der Waals surface area contributed by atoms with Crippen molar-refractivity contribution >= 4 is 63.4 Å². The molecule has 0 fully saturated rings. The molecular weight excluding hydrogens is 568 g/mol. The number of hydrogen-bond acceptors (Lipinski definition) is 6. The molecule has 1 N–H and O–H groups in total. The average Bonchev–Trinajstić information content (AvgIpc) is 2.76. The van der Waals surface area contributed by atoms with Gasteiger partial charge in [-0.25, -0.2) is 0 Å². The minimum atomic E-state index is -0.449. The van der Waals surface area contributed by atoms with Gasteiger partial charge in [-0.05, 0) is 77.0 Å². The van der Waals surface area contributed by atoms with Gasteiger partial charge in [0, 0.05) is 12.1 Å². The molecule has 0 unspecified atom stereocenters. The molecule has 166 valence electrons. The standard InChI is InChI=1S/C22H18Cl2IN3O4/c1-2-31-21-11-15(12-26-27-16-4-6-17(7-5-16)28(29)30)10-20(25)22(21)32-13-14-3-8-18(23)19(24)9-14/h3-12,27H,2,13H2,1H3/b26-12+. The van der Waals surface area contributed by atoms with Gasteiger partial charge >= 0.3 is 0 Å². The van der Waals surface area contributed by atoms with Crippen LogP contribution in [0, 0.1) is 13.7 Å². The fourth-order valence-electron chi connectivity index (χ4n) is 2.69. The molecule has 0 aromatic heterocycles. The van der Waals surface area contributed by atoms with Crippen LogP contribution in [0.3, 0.4) is 0 Å². The van der Waals surface area contributed by atoms with Crippen LogP contribution in [0.15, 0.2) is 59.7 Å². The van der Waals surface area contributed by atoms with Crippen LogP contribution < -0.4 is 14.9 Å². The fourth-order valence-corrected chi connectivity index (χ4v) is 3.79. The second kappa shape index (κ2) is 11.3. The molecular formula is C22H18Cl2IN3O4. The molecule has 3 aromatic rings. The Morgan fingerprint density at radius 2 is 1.84 bits per heavy atom. The number of benzene rings is 3. The summed E-state index contributed by atoms with van der Waals surface area (Å²) in [6, 6.07) is 15.1. The van der Waals surface area contributed by atoms with Gasteiger partial charge in [0.2, 0.25) is 0 Å². The minimum Gasteiger partial charge on any atom is -0.490 e. The molecule has 0 atom stereocenters. The molecule has 3 rings (SSSR count). The first-order chi connectivity index (χ1) is 15.4. The zero-order valence-electron chi connectivity index (χ0n) is 16.8.